The molecule has 0 rings (SSSR count). The van der Waals surface area contributed by atoms with Gasteiger partial charge in [-0.25, -0.2) is 0 Å². The summed E-state index contributed by atoms with van der Waals surface area (Å²) in [5, 5.41) is 2.75. The molecule has 0 amide bonds. The first kappa shape index (κ1) is 8.82. The van der Waals surface area contributed by atoms with Gasteiger partial charge in [0, 0.05) is 0 Å². The van der Waals surface area contributed by atoms with Crippen LogP contribution in [0.3, 0.4) is 0 Å². The summed E-state index contributed by atoms with van der Waals surface area (Å²) in [4.78, 5) is 0. The van der Waals surface area contributed by atoms with Gasteiger partial charge in [-0.2, -0.15) is 0 Å². The Hall–Kier alpha value is 0.503. The summed E-state index contributed by atoms with van der Waals surface area (Å²) in [6.07, 6.45) is 0. The van der Waals surface area contributed by atoms with Crippen LogP contribution >= 0.6 is 0 Å². The summed E-state index contributed by atoms with van der Waals surface area (Å²) in [5.41, 5.74) is 0. The number of hydrogen-bond acceptors (Lipinski definition) is 1. The number of nitrogens with one attached hydrogen (secondary N) is 1. The minimum atomic E-state index is 0. The molecule has 0 atom stereocenters. The second-order valence-electron chi connectivity index (χ2n) is 0.500. The van der Waals surface area contributed by atoms with Crippen LogP contribution in [-0.2, 0) is 0 Å². The molecule has 0 fully saturated rings. The zero-order valence-electron chi connectivity index (χ0n) is 2.50. The average Bonchev–Trinajstić information content (AvgIpc) is 0.918. The summed E-state index contributed by atoms with van der Waals surface area (Å²) in [7, 11) is 3.75. The summed E-state index contributed by atoms with van der Waals surface area (Å²) in [6.45, 7) is 0. The van der Waals surface area contributed by atoms with Gasteiger partial charge >= 0.3 is 17.6 Å². The molecule has 0 spiro atoms. The Morgan fingerprint density at radius 3 is 1.25 bits per heavy atom. The van der Waals surface area contributed by atoms with Crippen molar-refractivity contribution in [3.8, 4) is 0 Å². The first-order valence-corrected chi connectivity index (χ1v) is 1.00. The Balaban J connectivity index is 0. The van der Waals surface area contributed by atoms with Gasteiger partial charge in [-0.05, 0) is 14.1 Å². The van der Waals surface area contributed by atoms with Crippen LogP contribution in [0.4, 0.5) is 0 Å². The van der Waals surface area contributed by atoms with Crippen molar-refractivity contribution in [2.75, 3.05) is 14.1 Å². The molecule has 1 nitrogen and oxygen atoms in total. The van der Waals surface area contributed by atoms with E-state index in [1.54, 1.807) is 0 Å². The fourth-order valence-electron chi connectivity index (χ4n) is 0. The topological polar surface area (TPSA) is 12.0 Å². The van der Waals surface area contributed by atoms with Gasteiger partial charge in [0.15, 0.2) is 0 Å². The monoisotopic (exact) mass is 123 g/mol. The van der Waals surface area contributed by atoms with Crippen LogP contribution in [-0.4, -0.2) is 31.7 Å². The van der Waals surface area contributed by atoms with Crippen LogP contribution in [0.5, 0.6) is 0 Å². The van der Waals surface area contributed by atoms with Gasteiger partial charge < -0.3 is 5.32 Å². The van der Waals surface area contributed by atoms with Crippen molar-refractivity contribution in [2.24, 2.45) is 0 Å². The SMILES string of the molecule is CNC.[GeH4]. The van der Waals surface area contributed by atoms with E-state index < -0.39 is 0 Å². The molecule has 0 saturated heterocycles. The second kappa shape index (κ2) is 9.72. The Kier molecular flexibility index (Phi) is 21.4. The molecular formula is C2H11GeN. The summed E-state index contributed by atoms with van der Waals surface area (Å²) in [5.74, 6) is 0. The molecule has 4 heavy (non-hydrogen) atoms. The van der Waals surface area contributed by atoms with Crippen molar-refractivity contribution >= 4 is 17.6 Å². The van der Waals surface area contributed by atoms with Crippen molar-refractivity contribution in [1.29, 1.82) is 0 Å². The van der Waals surface area contributed by atoms with Gasteiger partial charge in [0.2, 0.25) is 0 Å². The molecule has 0 aromatic heterocycles. The third-order valence-electron chi connectivity index (χ3n) is 0. The summed E-state index contributed by atoms with van der Waals surface area (Å²) < 4.78 is 0. The van der Waals surface area contributed by atoms with E-state index in [0.717, 1.165) is 0 Å². The summed E-state index contributed by atoms with van der Waals surface area (Å²) >= 11 is 0. The van der Waals surface area contributed by atoms with Gasteiger partial charge in [0.1, 0.15) is 0 Å². The first-order valence-electron chi connectivity index (χ1n) is 1.00. The molecule has 0 saturated carbocycles. The summed E-state index contributed by atoms with van der Waals surface area (Å²) in [6, 6.07) is 0. The van der Waals surface area contributed by atoms with Crippen molar-refractivity contribution in [3.05, 3.63) is 0 Å². The molecule has 0 heterocycles. The zero-order valence-corrected chi connectivity index (χ0v) is 2.50. The molecule has 0 bridgehead atoms. The third-order valence-corrected chi connectivity index (χ3v) is 0. The molecule has 0 aliphatic heterocycles. The predicted molar refractivity (Wildman–Crippen MR) is 26.3 cm³/mol. The van der Waals surface area contributed by atoms with E-state index in [-0.39, 0.29) is 17.6 Å². The van der Waals surface area contributed by atoms with E-state index in [4.69, 9.17) is 0 Å². The molecule has 0 unspecified atom stereocenters. The molecule has 2 heteroatoms. The molecule has 28 valence electrons. The van der Waals surface area contributed by atoms with Crippen LogP contribution in [0.25, 0.3) is 0 Å². The Labute approximate surface area is 37.8 Å². The van der Waals surface area contributed by atoms with E-state index in [9.17, 15) is 0 Å². The van der Waals surface area contributed by atoms with E-state index >= 15 is 0 Å². The second-order valence-corrected chi connectivity index (χ2v) is 0.500. The minimum absolute atomic E-state index is 0. The maximum atomic E-state index is 2.75. The fraction of sp³-hybridized carbons (Fsp3) is 1.00. The van der Waals surface area contributed by atoms with Crippen LogP contribution < -0.4 is 5.32 Å². The first-order chi connectivity index (χ1) is 1.41. The number of hydrogen-bond donors (Lipinski definition) is 1. The van der Waals surface area contributed by atoms with E-state index in [0.29, 0.717) is 0 Å². The Bertz CT molecular complexity index is 6.00. The van der Waals surface area contributed by atoms with Crippen LogP contribution in [0.2, 0.25) is 0 Å². The van der Waals surface area contributed by atoms with Gasteiger partial charge in [-0.3, -0.25) is 0 Å². The van der Waals surface area contributed by atoms with Crippen molar-refractivity contribution in [1.82, 2.24) is 5.32 Å². The molecule has 0 aliphatic carbocycles. The molecule has 0 aliphatic rings. The van der Waals surface area contributed by atoms with Crippen LogP contribution in [0, 0.1) is 0 Å². The Morgan fingerprint density at radius 2 is 1.25 bits per heavy atom. The molecule has 1 N–H and O–H groups in total. The van der Waals surface area contributed by atoms with Gasteiger partial charge in [-0.15, -0.1) is 0 Å². The van der Waals surface area contributed by atoms with Crippen molar-refractivity contribution < 1.29 is 0 Å². The number of rotatable bonds is 0. The maximum absolute atomic E-state index is 2.75. The van der Waals surface area contributed by atoms with Crippen molar-refractivity contribution in [2.45, 2.75) is 0 Å². The van der Waals surface area contributed by atoms with Gasteiger partial charge in [0.25, 0.3) is 0 Å². The fourth-order valence-corrected chi connectivity index (χ4v) is 0. The van der Waals surface area contributed by atoms with Crippen molar-refractivity contribution in [3.63, 3.8) is 0 Å². The van der Waals surface area contributed by atoms with E-state index in [1.807, 2.05) is 14.1 Å². The van der Waals surface area contributed by atoms with E-state index in [2.05, 4.69) is 5.32 Å². The zero-order chi connectivity index (χ0) is 2.71. The predicted octanol–water partition coefficient (Wildman–Crippen LogP) is -1.62. The normalized spacial score (nSPS) is 4.50. The van der Waals surface area contributed by atoms with Gasteiger partial charge in [-0.1, -0.05) is 0 Å². The molecule has 0 aromatic rings. The molecule has 0 radical (unpaired) electrons. The quantitative estimate of drug-likeness (QED) is 0.380. The van der Waals surface area contributed by atoms with Gasteiger partial charge in [0.05, 0.1) is 0 Å². The van der Waals surface area contributed by atoms with Crippen LogP contribution in [0.1, 0.15) is 0 Å². The van der Waals surface area contributed by atoms with Crippen LogP contribution in [0.15, 0.2) is 0 Å². The third kappa shape index (κ3) is 22.4. The average molecular weight is 122 g/mol. The van der Waals surface area contributed by atoms with E-state index in [1.165, 1.54) is 0 Å². The molecular weight excluding hydrogens is 111 g/mol. The Morgan fingerprint density at radius 1 is 1.25 bits per heavy atom. The molecule has 0 aromatic carbocycles. The standard InChI is InChI=1S/C2H7N.GeH4/c1-3-2;/h3H,1-2H3;1H4.